The zero-order chi connectivity index (χ0) is 14.1. The number of nitrogens with zero attached hydrogens (tertiary/aromatic N) is 3. The summed E-state index contributed by atoms with van der Waals surface area (Å²) in [5, 5.41) is 5.63. The van der Waals surface area contributed by atoms with Crippen LogP contribution in [0.3, 0.4) is 0 Å². The van der Waals surface area contributed by atoms with Crippen LogP contribution in [0.1, 0.15) is 18.3 Å². The number of fused-ring (bicyclic) bond motifs is 1. The molecule has 0 aliphatic heterocycles. The first-order valence-electron chi connectivity index (χ1n) is 6.75. The monoisotopic (exact) mass is 267 g/mol. The summed E-state index contributed by atoms with van der Waals surface area (Å²) in [4.78, 5) is 4.56. The SMILES string of the molecule is CCOc1cc(C)nn1-c1cc(C)nc2ccccc12. The summed E-state index contributed by atoms with van der Waals surface area (Å²) in [6, 6.07) is 12.1. The predicted molar refractivity (Wildman–Crippen MR) is 79.5 cm³/mol. The molecule has 0 atom stereocenters. The van der Waals surface area contributed by atoms with Gasteiger partial charge in [-0.05, 0) is 32.9 Å². The third-order valence-corrected chi connectivity index (χ3v) is 3.14. The Morgan fingerprint density at radius 3 is 2.70 bits per heavy atom. The fourth-order valence-electron chi connectivity index (χ4n) is 2.36. The molecule has 4 nitrogen and oxygen atoms in total. The van der Waals surface area contributed by atoms with Gasteiger partial charge in [0.05, 0.1) is 23.5 Å². The third kappa shape index (κ3) is 2.13. The minimum Gasteiger partial charge on any atom is -0.478 e. The molecular weight excluding hydrogens is 250 g/mol. The molecule has 0 radical (unpaired) electrons. The van der Waals surface area contributed by atoms with Gasteiger partial charge in [0.15, 0.2) is 0 Å². The maximum atomic E-state index is 5.68. The molecule has 0 fully saturated rings. The average Bonchev–Trinajstić information content (AvgIpc) is 2.79. The van der Waals surface area contributed by atoms with Crippen LogP contribution in [-0.2, 0) is 0 Å². The van der Waals surface area contributed by atoms with Crippen LogP contribution in [0.5, 0.6) is 5.88 Å². The highest BCUT2D eigenvalue weighted by atomic mass is 16.5. The Hall–Kier alpha value is -2.36. The van der Waals surface area contributed by atoms with Crippen molar-refractivity contribution in [3.8, 4) is 11.6 Å². The second-order valence-electron chi connectivity index (χ2n) is 4.77. The van der Waals surface area contributed by atoms with Gasteiger partial charge in [-0.2, -0.15) is 5.10 Å². The van der Waals surface area contributed by atoms with E-state index in [4.69, 9.17) is 4.74 Å². The lowest BCUT2D eigenvalue weighted by molar-refractivity contribution is 0.317. The van der Waals surface area contributed by atoms with E-state index in [-0.39, 0.29) is 0 Å². The second-order valence-corrected chi connectivity index (χ2v) is 4.77. The van der Waals surface area contributed by atoms with Gasteiger partial charge in [-0.25, -0.2) is 4.68 Å². The predicted octanol–water partition coefficient (Wildman–Crippen LogP) is 3.44. The fraction of sp³-hybridized carbons (Fsp3) is 0.250. The number of para-hydroxylation sites is 1. The lowest BCUT2D eigenvalue weighted by Gasteiger charge is -2.11. The molecule has 2 aromatic heterocycles. The van der Waals surface area contributed by atoms with E-state index in [1.165, 1.54) is 0 Å². The number of pyridine rings is 1. The van der Waals surface area contributed by atoms with Gasteiger partial charge in [0.1, 0.15) is 0 Å². The minimum absolute atomic E-state index is 0.618. The quantitative estimate of drug-likeness (QED) is 0.730. The normalized spacial score (nSPS) is 10.9. The molecule has 0 saturated carbocycles. The molecule has 20 heavy (non-hydrogen) atoms. The highest BCUT2D eigenvalue weighted by molar-refractivity contribution is 5.87. The first kappa shape index (κ1) is 12.7. The van der Waals surface area contributed by atoms with Crippen molar-refractivity contribution in [2.75, 3.05) is 6.61 Å². The molecular formula is C16H17N3O. The van der Waals surface area contributed by atoms with Crippen LogP contribution in [0.4, 0.5) is 0 Å². The molecule has 4 heteroatoms. The van der Waals surface area contributed by atoms with Crippen LogP contribution in [-0.4, -0.2) is 21.4 Å². The molecule has 0 unspecified atom stereocenters. The second kappa shape index (κ2) is 4.96. The van der Waals surface area contributed by atoms with Crippen molar-refractivity contribution < 1.29 is 4.74 Å². The van der Waals surface area contributed by atoms with Crippen LogP contribution >= 0.6 is 0 Å². The minimum atomic E-state index is 0.618. The van der Waals surface area contributed by atoms with Crippen molar-refractivity contribution in [3.63, 3.8) is 0 Å². The van der Waals surface area contributed by atoms with E-state index < -0.39 is 0 Å². The molecule has 0 amide bonds. The molecule has 102 valence electrons. The number of aryl methyl sites for hydroxylation is 2. The highest BCUT2D eigenvalue weighted by Crippen LogP contribution is 2.26. The number of hydrogen-bond donors (Lipinski definition) is 0. The fourth-order valence-corrected chi connectivity index (χ4v) is 2.36. The van der Waals surface area contributed by atoms with E-state index >= 15 is 0 Å². The van der Waals surface area contributed by atoms with Crippen LogP contribution in [0.25, 0.3) is 16.6 Å². The molecule has 3 rings (SSSR count). The summed E-state index contributed by atoms with van der Waals surface area (Å²) in [6.45, 7) is 6.55. The Kier molecular flexibility index (Phi) is 3.14. The van der Waals surface area contributed by atoms with Crippen molar-refractivity contribution in [2.24, 2.45) is 0 Å². The third-order valence-electron chi connectivity index (χ3n) is 3.14. The van der Waals surface area contributed by atoms with Gasteiger partial charge in [0.2, 0.25) is 5.88 Å². The van der Waals surface area contributed by atoms with Crippen molar-refractivity contribution in [1.29, 1.82) is 0 Å². The Bertz CT molecular complexity index is 762. The van der Waals surface area contributed by atoms with Crippen molar-refractivity contribution >= 4 is 10.9 Å². The lowest BCUT2D eigenvalue weighted by Crippen LogP contribution is -2.04. The Morgan fingerprint density at radius 1 is 1.10 bits per heavy atom. The molecule has 2 heterocycles. The molecule has 0 bridgehead atoms. The van der Waals surface area contributed by atoms with Crippen molar-refractivity contribution in [3.05, 3.63) is 47.8 Å². The van der Waals surface area contributed by atoms with Gasteiger partial charge in [-0.1, -0.05) is 18.2 Å². The molecule has 0 spiro atoms. The van der Waals surface area contributed by atoms with Gasteiger partial charge < -0.3 is 4.74 Å². The lowest BCUT2D eigenvalue weighted by atomic mass is 10.1. The summed E-state index contributed by atoms with van der Waals surface area (Å²) in [6.07, 6.45) is 0. The first-order chi connectivity index (χ1) is 9.69. The summed E-state index contributed by atoms with van der Waals surface area (Å²) >= 11 is 0. The zero-order valence-electron chi connectivity index (χ0n) is 11.9. The topological polar surface area (TPSA) is 39.9 Å². The van der Waals surface area contributed by atoms with E-state index in [1.54, 1.807) is 0 Å². The summed E-state index contributed by atoms with van der Waals surface area (Å²) in [5.74, 6) is 0.765. The van der Waals surface area contributed by atoms with Gasteiger partial charge in [0, 0.05) is 17.1 Å². The summed E-state index contributed by atoms with van der Waals surface area (Å²) in [7, 11) is 0. The smallest absolute Gasteiger partial charge is 0.216 e. The van der Waals surface area contributed by atoms with Gasteiger partial charge in [0.25, 0.3) is 0 Å². The Morgan fingerprint density at radius 2 is 1.90 bits per heavy atom. The van der Waals surface area contributed by atoms with Crippen molar-refractivity contribution in [1.82, 2.24) is 14.8 Å². The first-order valence-corrected chi connectivity index (χ1v) is 6.75. The van der Waals surface area contributed by atoms with Crippen molar-refractivity contribution in [2.45, 2.75) is 20.8 Å². The molecule has 0 aliphatic carbocycles. The van der Waals surface area contributed by atoms with Gasteiger partial charge in [-0.3, -0.25) is 4.98 Å². The summed E-state index contributed by atoms with van der Waals surface area (Å²) < 4.78 is 7.54. The van der Waals surface area contributed by atoms with Crippen LogP contribution < -0.4 is 4.74 Å². The maximum Gasteiger partial charge on any atom is 0.216 e. The van der Waals surface area contributed by atoms with Gasteiger partial charge in [-0.15, -0.1) is 0 Å². The number of hydrogen-bond acceptors (Lipinski definition) is 3. The number of ether oxygens (including phenoxy) is 1. The van der Waals surface area contributed by atoms with E-state index in [0.29, 0.717) is 6.61 Å². The average molecular weight is 267 g/mol. The Balaban J connectivity index is 2.28. The molecule has 1 aromatic carbocycles. The number of rotatable bonds is 3. The zero-order valence-corrected chi connectivity index (χ0v) is 11.9. The van der Waals surface area contributed by atoms with E-state index in [1.807, 2.05) is 55.8 Å². The van der Waals surface area contributed by atoms with E-state index in [0.717, 1.165) is 33.9 Å². The standard InChI is InChI=1S/C16H17N3O/c1-4-20-16-10-12(3)18-19(16)15-9-11(2)17-14-8-6-5-7-13(14)15/h5-10H,4H2,1-3H3. The number of aromatic nitrogens is 3. The number of benzene rings is 1. The van der Waals surface area contributed by atoms with Crippen LogP contribution in [0.15, 0.2) is 36.4 Å². The largest absolute Gasteiger partial charge is 0.478 e. The molecule has 0 saturated heterocycles. The van der Waals surface area contributed by atoms with E-state index in [2.05, 4.69) is 16.1 Å². The van der Waals surface area contributed by atoms with Crippen LogP contribution in [0.2, 0.25) is 0 Å². The molecule has 3 aromatic rings. The van der Waals surface area contributed by atoms with Crippen LogP contribution in [0, 0.1) is 13.8 Å². The van der Waals surface area contributed by atoms with Gasteiger partial charge >= 0.3 is 0 Å². The van der Waals surface area contributed by atoms with E-state index in [9.17, 15) is 0 Å². The molecule has 0 aliphatic rings. The maximum absolute atomic E-state index is 5.68. The summed E-state index contributed by atoms with van der Waals surface area (Å²) in [5.41, 5.74) is 3.88. The molecule has 0 N–H and O–H groups in total. The Labute approximate surface area is 118 Å². The highest BCUT2D eigenvalue weighted by Gasteiger charge is 2.12.